The molecule has 0 aromatic rings. The van der Waals surface area contributed by atoms with E-state index >= 15 is 0 Å². The zero-order valence-electron chi connectivity index (χ0n) is 17.6. The van der Waals surface area contributed by atoms with E-state index in [9.17, 15) is 14.4 Å². The third-order valence-electron chi connectivity index (χ3n) is 4.39. The smallest absolute Gasteiger partial charge is 0.342 e. The third-order valence-corrected chi connectivity index (χ3v) is 6.09. The van der Waals surface area contributed by atoms with E-state index in [-0.39, 0.29) is 24.9 Å². The molecule has 0 radical (unpaired) electrons. The van der Waals surface area contributed by atoms with Crippen LogP contribution in [0.3, 0.4) is 0 Å². The van der Waals surface area contributed by atoms with Gasteiger partial charge >= 0.3 is 11.9 Å². The zero-order valence-corrected chi connectivity index (χ0v) is 18.6. The molecule has 0 saturated heterocycles. The molecule has 0 unspecified atom stereocenters. The summed E-state index contributed by atoms with van der Waals surface area (Å²) in [5.74, 6) is -2.03. The second kappa shape index (κ2) is 10.7. The first-order valence-corrected chi connectivity index (χ1v) is 13.3. The fraction of sp³-hybridized carbons (Fsp3) is 0.737. The van der Waals surface area contributed by atoms with Gasteiger partial charge in [0.05, 0.1) is 31.3 Å². The van der Waals surface area contributed by atoms with Crippen LogP contribution in [0.1, 0.15) is 33.6 Å². The van der Waals surface area contributed by atoms with E-state index in [0.717, 1.165) is 6.04 Å². The first-order chi connectivity index (χ1) is 12.9. The fourth-order valence-electron chi connectivity index (χ4n) is 3.07. The molecule has 160 valence electrons. The first-order valence-electron chi connectivity index (χ1n) is 9.57. The van der Waals surface area contributed by atoms with Gasteiger partial charge in [0.15, 0.2) is 0 Å². The minimum atomic E-state index is -1.34. The van der Waals surface area contributed by atoms with Crippen molar-refractivity contribution < 1.29 is 34.0 Å². The van der Waals surface area contributed by atoms with E-state index in [0.29, 0.717) is 12.2 Å². The highest BCUT2D eigenvalue weighted by Gasteiger charge is 2.38. The monoisotopic (exact) mass is 415 g/mol. The summed E-state index contributed by atoms with van der Waals surface area (Å²) in [6, 6.07) is 0.324. The molecule has 0 fully saturated rings. The Balaban J connectivity index is 3.04. The van der Waals surface area contributed by atoms with Crippen molar-refractivity contribution in [2.24, 2.45) is 5.92 Å². The minimum Gasteiger partial charge on any atom is -0.463 e. The van der Waals surface area contributed by atoms with Gasteiger partial charge in [0.25, 0.3) is 0 Å². The molecule has 0 saturated carbocycles. The van der Waals surface area contributed by atoms with Crippen molar-refractivity contribution in [2.45, 2.75) is 77.5 Å². The average Bonchev–Trinajstić information content (AvgIpc) is 2.55. The summed E-state index contributed by atoms with van der Waals surface area (Å²) >= 11 is 0. The SMILES string of the molecule is CC(=O)N[C@@H]1[C@@H](CC(=O)OO)CC(C(=O)OCC[Si](C)(C)C)=C[C@H]1OC(C)C. The van der Waals surface area contributed by atoms with Gasteiger partial charge in [0.1, 0.15) is 0 Å². The van der Waals surface area contributed by atoms with Crippen LogP contribution in [0.4, 0.5) is 0 Å². The summed E-state index contributed by atoms with van der Waals surface area (Å²) in [6.45, 7) is 12.0. The highest BCUT2D eigenvalue weighted by Crippen LogP contribution is 2.31. The summed E-state index contributed by atoms with van der Waals surface area (Å²) in [5.41, 5.74) is 0.401. The molecule has 28 heavy (non-hydrogen) atoms. The molecule has 0 spiro atoms. The molecule has 2 N–H and O–H groups in total. The van der Waals surface area contributed by atoms with Crippen molar-refractivity contribution in [3.05, 3.63) is 11.6 Å². The van der Waals surface area contributed by atoms with Gasteiger partial charge in [-0.3, -0.25) is 4.79 Å². The molecule has 0 aliphatic heterocycles. The van der Waals surface area contributed by atoms with Gasteiger partial charge in [-0.15, -0.1) is 0 Å². The van der Waals surface area contributed by atoms with Crippen LogP contribution in [0, 0.1) is 5.92 Å². The van der Waals surface area contributed by atoms with E-state index in [1.807, 2.05) is 13.8 Å². The highest BCUT2D eigenvalue weighted by atomic mass is 28.3. The molecule has 1 amide bonds. The molecule has 1 rings (SSSR count). The maximum Gasteiger partial charge on any atom is 0.342 e. The molecular formula is C19H33NO7Si. The molecule has 3 atom stereocenters. The van der Waals surface area contributed by atoms with Crippen LogP contribution in [0.25, 0.3) is 0 Å². The summed E-state index contributed by atoms with van der Waals surface area (Å²) in [4.78, 5) is 39.7. The van der Waals surface area contributed by atoms with Crippen molar-refractivity contribution in [3.63, 3.8) is 0 Å². The molecule has 1 aliphatic carbocycles. The molecule has 0 heterocycles. The minimum absolute atomic E-state index is 0.162. The quantitative estimate of drug-likeness (QED) is 0.258. The number of esters is 1. The number of carbonyl (C=O) groups excluding carboxylic acids is 3. The topological polar surface area (TPSA) is 111 Å². The standard InChI is InChI=1S/C19H33NO7Si/c1-12(2)26-16-10-15(19(23)25-7-8-28(4,5)6)9-14(11-17(22)27-24)18(16)20-13(3)21/h10,12,14,16,18,24H,7-9,11H2,1-6H3,(H,20,21)/t14-,16-,18-/m1/s1. The Bertz CT molecular complexity index is 598. The lowest BCUT2D eigenvalue weighted by Crippen LogP contribution is -2.51. The van der Waals surface area contributed by atoms with Crippen LogP contribution in [0.15, 0.2) is 11.6 Å². The van der Waals surface area contributed by atoms with Crippen molar-refractivity contribution in [1.82, 2.24) is 5.32 Å². The van der Waals surface area contributed by atoms with Crippen molar-refractivity contribution in [3.8, 4) is 0 Å². The van der Waals surface area contributed by atoms with Gasteiger partial charge in [-0.05, 0) is 38.3 Å². The second-order valence-corrected chi connectivity index (χ2v) is 14.3. The Hall–Kier alpha value is -1.71. The van der Waals surface area contributed by atoms with Gasteiger partial charge in [-0.1, -0.05) is 19.6 Å². The molecule has 0 bridgehead atoms. The van der Waals surface area contributed by atoms with Crippen molar-refractivity contribution in [2.75, 3.05) is 6.61 Å². The maximum absolute atomic E-state index is 12.6. The van der Waals surface area contributed by atoms with Gasteiger partial charge in [-0.2, -0.15) is 5.26 Å². The lowest BCUT2D eigenvalue weighted by molar-refractivity contribution is -0.235. The summed E-state index contributed by atoms with van der Waals surface area (Å²) in [6.07, 6.45) is 0.944. The van der Waals surface area contributed by atoms with Crippen LogP contribution in [0.5, 0.6) is 0 Å². The lowest BCUT2D eigenvalue weighted by atomic mass is 9.80. The van der Waals surface area contributed by atoms with Gasteiger partial charge in [-0.25, -0.2) is 9.59 Å². The van der Waals surface area contributed by atoms with Crippen LogP contribution in [-0.4, -0.2) is 56.0 Å². The number of ether oxygens (including phenoxy) is 2. The first kappa shape index (κ1) is 24.3. The van der Waals surface area contributed by atoms with E-state index in [1.165, 1.54) is 6.92 Å². The Labute approximate surface area is 167 Å². The van der Waals surface area contributed by atoms with Crippen LogP contribution in [-0.2, 0) is 28.7 Å². The number of amides is 1. The molecule has 0 aromatic carbocycles. The van der Waals surface area contributed by atoms with E-state index in [2.05, 4.69) is 29.8 Å². The number of hydrogen-bond acceptors (Lipinski definition) is 7. The van der Waals surface area contributed by atoms with Crippen LogP contribution >= 0.6 is 0 Å². The Morgan fingerprint density at radius 1 is 1.29 bits per heavy atom. The Morgan fingerprint density at radius 2 is 1.93 bits per heavy atom. The Kier molecular flexibility index (Phi) is 9.32. The number of nitrogens with one attached hydrogen (secondary N) is 1. The predicted octanol–water partition coefficient (Wildman–Crippen LogP) is 2.52. The fourth-order valence-corrected chi connectivity index (χ4v) is 3.78. The summed E-state index contributed by atoms with van der Waals surface area (Å²) < 4.78 is 11.3. The van der Waals surface area contributed by atoms with Crippen LogP contribution < -0.4 is 5.32 Å². The predicted molar refractivity (Wildman–Crippen MR) is 106 cm³/mol. The summed E-state index contributed by atoms with van der Waals surface area (Å²) in [7, 11) is -1.34. The van der Waals surface area contributed by atoms with Crippen molar-refractivity contribution in [1.29, 1.82) is 0 Å². The number of carbonyl (C=O) groups is 3. The maximum atomic E-state index is 12.6. The van der Waals surface area contributed by atoms with Crippen molar-refractivity contribution >= 4 is 25.9 Å². The number of hydrogen-bond donors (Lipinski definition) is 2. The van der Waals surface area contributed by atoms with Gasteiger partial charge in [0.2, 0.25) is 5.91 Å². The van der Waals surface area contributed by atoms with E-state index < -0.39 is 38.1 Å². The third kappa shape index (κ3) is 8.53. The normalized spacial score (nSPS) is 22.4. The van der Waals surface area contributed by atoms with E-state index in [1.54, 1.807) is 6.08 Å². The van der Waals surface area contributed by atoms with Gasteiger partial charge in [0, 0.05) is 20.6 Å². The molecule has 8 nitrogen and oxygen atoms in total. The molecule has 9 heteroatoms. The Morgan fingerprint density at radius 3 is 2.43 bits per heavy atom. The molecular weight excluding hydrogens is 382 g/mol. The average molecular weight is 416 g/mol. The lowest BCUT2D eigenvalue weighted by Gasteiger charge is -2.37. The van der Waals surface area contributed by atoms with Gasteiger partial charge < -0.3 is 19.7 Å². The zero-order chi connectivity index (χ0) is 21.5. The number of rotatable bonds is 9. The second-order valence-electron chi connectivity index (χ2n) is 8.65. The molecule has 0 aromatic heterocycles. The van der Waals surface area contributed by atoms with E-state index in [4.69, 9.17) is 14.7 Å². The highest BCUT2D eigenvalue weighted by molar-refractivity contribution is 6.76. The largest absolute Gasteiger partial charge is 0.463 e. The molecule has 1 aliphatic rings. The summed E-state index contributed by atoms with van der Waals surface area (Å²) in [5, 5.41) is 11.4. The van der Waals surface area contributed by atoms with Crippen LogP contribution in [0.2, 0.25) is 25.7 Å².